The molecule has 9 heteroatoms. The summed E-state index contributed by atoms with van der Waals surface area (Å²) in [6, 6.07) is 15.3. The Kier molecular flexibility index (Phi) is 8.02. The van der Waals surface area contributed by atoms with E-state index >= 15 is 0 Å². The molecule has 1 atom stereocenters. The highest BCUT2D eigenvalue weighted by Gasteiger charge is 2.30. The van der Waals surface area contributed by atoms with Crippen molar-refractivity contribution in [3.05, 3.63) is 71.8 Å². The molecule has 4 rings (SSSR count). The summed E-state index contributed by atoms with van der Waals surface area (Å²) in [6.45, 7) is 6.36. The van der Waals surface area contributed by atoms with Crippen LogP contribution in [0.1, 0.15) is 37.8 Å². The van der Waals surface area contributed by atoms with Crippen molar-refractivity contribution < 1.29 is 23.9 Å². The number of carbonyl (C=O) groups is 4. The van der Waals surface area contributed by atoms with Crippen LogP contribution in [0.4, 0.5) is 4.79 Å². The van der Waals surface area contributed by atoms with Gasteiger partial charge in [-0.15, -0.1) is 0 Å². The Morgan fingerprint density at radius 3 is 2.11 bits per heavy atom. The number of nitrogens with zero attached hydrogens (tertiary/aromatic N) is 1. The van der Waals surface area contributed by atoms with Crippen LogP contribution < -0.4 is 10.6 Å². The Labute approximate surface area is 220 Å². The predicted octanol–water partition coefficient (Wildman–Crippen LogP) is 3.47. The van der Waals surface area contributed by atoms with E-state index in [0.717, 1.165) is 27.2 Å². The zero-order valence-corrected chi connectivity index (χ0v) is 22.0. The number of hydrogen-bond donors (Lipinski definition) is 2. The molecule has 194 valence electrons. The largest absolute Gasteiger partial charge is 0.449 e. The van der Waals surface area contributed by atoms with Gasteiger partial charge in [-0.25, -0.2) is 4.79 Å². The summed E-state index contributed by atoms with van der Waals surface area (Å²) in [7, 11) is 0. The van der Waals surface area contributed by atoms with Gasteiger partial charge in [0.1, 0.15) is 12.6 Å². The number of alkyl carbamates (subject to hydrolysis) is 1. The van der Waals surface area contributed by atoms with Crippen molar-refractivity contribution in [1.82, 2.24) is 15.5 Å². The molecule has 0 saturated heterocycles. The highest BCUT2D eigenvalue weighted by atomic mass is 32.2. The van der Waals surface area contributed by atoms with Crippen molar-refractivity contribution in [2.45, 2.75) is 37.5 Å². The van der Waals surface area contributed by atoms with Gasteiger partial charge in [0.15, 0.2) is 0 Å². The minimum atomic E-state index is -0.844. The molecule has 1 aliphatic carbocycles. The number of nitrogens with one attached hydrogen (secondary N) is 2. The lowest BCUT2D eigenvalue weighted by molar-refractivity contribution is -0.137. The molecule has 0 radical (unpaired) electrons. The molecule has 37 heavy (non-hydrogen) atoms. The van der Waals surface area contributed by atoms with Crippen LogP contribution in [0.25, 0.3) is 11.1 Å². The van der Waals surface area contributed by atoms with Crippen molar-refractivity contribution in [2.24, 2.45) is 0 Å². The molecule has 2 N–H and O–H groups in total. The first kappa shape index (κ1) is 26.5. The van der Waals surface area contributed by atoms with Crippen LogP contribution in [0, 0.1) is 0 Å². The topological polar surface area (TPSA) is 105 Å². The molecule has 0 fully saturated rings. The van der Waals surface area contributed by atoms with Gasteiger partial charge in [0.25, 0.3) is 11.8 Å². The van der Waals surface area contributed by atoms with Gasteiger partial charge in [-0.3, -0.25) is 19.3 Å². The number of imide groups is 1. The molecule has 0 bridgehead atoms. The molecule has 0 aromatic heterocycles. The molecule has 0 spiro atoms. The first-order valence-electron chi connectivity index (χ1n) is 12.2. The smallest absolute Gasteiger partial charge is 0.407 e. The first-order valence-corrected chi connectivity index (χ1v) is 13.2. The standard InChI is InChI=1S/C28H31N3O5S/c1-28(2,3)37-17-23(26(34)29-14-15-31-24(32)12-13-25(31)33)30-27(35)36-16-22-20-10-6-4-8-18(20)19-9-5-7-11-21(19)22/h4-13,22-23H,14-17H2,1-3H3,(H,29,34)(H,30,35)/t23-/m0/s1. The van der Waals surface area contributed by atoms with Gasteiger partial charge in [-0.05, 0) is 22.3 Å². The van der Waals surface area contributed by atoms with Gasteiger partial charge < -0.3 is 15.4 Å². The van der Waals surface area contributed by atoms with Crippen LogP contribution in [0.15, 0.2) is 60.7 Å². The summed E-state index contributed by atoms with van der Waals surface area (Å²) in [5.74, 6) is -0.967. The molecule has 8 nitrogen and oxygen atoms in total. The average molecular weight is 522 g/mol. The number of ether oxygens (including phenoxy) is 1. The molecule has 1 aliphatic heterocycles. The van der Waals surface area contributed by atoms with Crippen LogP contribution >= 0.6 is 11.8 Å². The van der Waals surface area contributed by atoms with Crippen LogP contribution in [-0.2, 0) is 19.1 Å². The molecular weight excluding hydrogens is 490 g/mol. The first-order chi connectivity index (χ1) is 17.6. The fourth-order valence-corrected chi connectivity index (χ4v) is 5.27. The molecule has 1 heterocycles. The Hall–Kier alpha value is -3.59. The number of fused-ring (bicyclic) bond motifs is 3. The third-order valence-corrected chi connectivity index (χ3v) is 7.54. The summed E-state index contributed by atoms with van der Waals surface area (Å²) in [6.07, 6.45) is 1.72. The van der Waals surface area contributed by atoms with Crippen molar-refractivity contribution in [1.29, 1.82) is 0 Å². The summed E-state index contributed by atoms with van der Waals surface area (Å²) in [5, 5.41) is 5.42. The normalized spacial score (nSPS) is 15.4. The Balaban J connectivity index is 1.36. The Bertz CT molecular complexity index is 1170. The molecule has 2 aliphatic rings. The van der Waals surface area contributed by atoms with Crippen LogP contribution in [0.2, 0.25) is 0 Å². The lowest BCUT2D eigenvalue weighted by atomic mass is 9.98. The molecule has 2 aromatic carbocycles. The van der Waals surface area contributed by atoms with Gasteiger partial charge in [-0.1, -0.05) is 69.3 Å². The maximum absolute atomic E-state index is 12.9. The Morgan fingerprint density at radius 1 is 0.973 bits per heavy atom. The van der Waals surface area contributed by atoms with E-state index in [-0.39, 0.29) is 30.4 Å². The maximum Gasteiger partial charge on any atom is 0.407 e. The van der Waals surface area contributed by atoms with Crippen molar-refractivity contribution >= 4 is 35.6 Å². The average Bonchev–Trinajstić information content (AvgIpc) is 3.36. The number of carbonyl (C=O) groups excluding carboxylic acids is 4. The third kappa shape index (κ3) is 6.40. The minimum Gasteiger partial charge on any atom is -0.449 e. The summed E-state index contributed by atoms with van der Waals surface area (Å²) in [5.41, 5.74) is 4.48. The van der Waals surface area contributed by atoms with Gasteiger partial charge >= 0.3 is 6.09 Å². The number of benzene rings is 2. The number of thioether (sulfide) groups is 1. The van der Waals surface area contributed by atoms with E-state index in [0.29, 0.717) is 5.75 Å². The van der Waals surface area contributed by atoms with Crippen molar-refractivity contribution in [2.75, 3.05) is 25.4 Å². The fourth-order valence-electron chi connectivity index (χ4n) is 4.36. The number of amides is 4. The lowest BCUT2D eigenvalue weighted by Crippen LogP contribution is -2.50. The summed E-state index contributed by atoms with van der Waals surface area (Å²) in [4.78, 5) is 50.2. The fraction of sp³-hybridized carbons (Fsp3) is 0.357. The predicted molar refractivity (Wildman–Crippen MR) is 143 cm³/mol. The van der Waals surface area contributed by atoms with E-state index in [9.17, 15) is 19.2 Å². The van der Waals surface area contributed by atoms with Crippen LogP contribution in [-0.4, -0.2) is 65.0 Å². The molecule has 0 unspecified atom stereocenters. The van der Waals surface area contributed by atoms with Gasteiger partial charge in [0, 0.05) is 41.7 Å². The van der Waals surface area contributed by atoms with Crippen molar-refractivity contribution in [3.8, 4) is 11.1 Å². The molecular formula is C28H31N3O5S. The number of rotatable bonds is 9. The zero-order valence-electron chi connectivity index (χ0n) is 21.2. The van der Waals surface area contributed by atoms with E-state index in [1.54, 1.807) is 0 Å². The molecule has 4 amide bonds. The van der Waals surface area contributed by atoms with Crippen molar-refractivity contribution in [3.63, 3.8) is 0 Å². The zero-order chi connectivity index (χ0) is 26.6. The highest BCUT2D eigenvalue weighted by Crippen LogP contribution is 2.44. The van der Waals surface area contributed by atoms with Gasteiger partial charge in [0.05, 0.1) is 0 Å². The van der Waals surface area contributed by atoms with E-state index in [4.69, 9.17) is 4.74 Å². The Morgan fingerprint density at radius 2 is 1.54 bits per heavy atom. The van der Waals surface area contributed by atoms with E-state index < -0.39 is 29.9 Å². The summed E-state index contributed by atoms with van der Waals surface area (Å²) >= 11 is 1.54. The number of hydrogen-bond acceptors (Lipinski definition) is 6. The quantitative estimate of drug-likeness (QED) is 0.490. The van der Waals surface area contributed by atoms with Crippen LogP contribution in [0.3, 0.4) is 0 Å². The van der Waals surface area contributed by atoms with E-state index in [2.05, 4.69) is 22.8 Å². The monoisotopic (exact) mass is 521 g/mol. The van der Waals surface area contributed by atoms with Gasteiger partial charge in [0.2, 0.25) is 5.91 Å². The second-order valence-electron chi connectivity index (χ2n) is 9.90. The maximum atomic E-state index is 12.9. The minimum absolute atomic E-state index is 0.0560. The molecule has 2 aromatic rings. The summed E-state index contributed by atoms with van der Waals surface area (Å²) < 4.78 is 5.50. The van der Waals surface area contributed by atoms with Gasteiger partial charge in [-0.2, -0.15) is 11.8 Å². The van der Waals surface area contributed by atoms with Crippen LogP contribution in [0.5, 0.6) is 0 Å². The highest BCUT2D eigenvalue weighted by molar-refractivity contribution is 8.00. The SMILES string of the molecule is CC(C)(C)SC[C@H](NC(=O)OCC1c2ccccc2-c2ccccc21)C(=O)NCCN1C(=O)C=CC1=O. The van der Waals surface area contributed by atoms with E-state index in [1.807, 2.05) is 57.2 Å². The second kappa shape index (κ2) is 11.2. The third-order valence-electron chi connectivity index (χ3n) is 6.17. The lowest BCUT2D eigenvalue weighted by Gasteiger charge is -2.24. The van der Waals surface area contributed by atoms with E-state index in [1.165, 1.54) is 23.9 Å². The second-order valence-corrected chi connectivity index (χ2v) is 11.7. The molecule has 0 saturated carbocycles.